The zero-order valence-corrected chi connectivity index (χ0v) is 16.2. The number of amides is 2. The number of methoxy groups -OCH3 is 1. The van der Waals surface area contributed by atoms with E-state index in [4.69, 9.17) is 4.74 Å². The molecule has 0 spiro atoms. The van der Waals surface area contributed by atoms with Gasteiger partial charge in [0.15, 0.2) is 0 Å². The van der Waals surface area contributed by atoms with E-state index >= 15 is 0 Å². The van der Waals surface area contributed by atoms with Crippen LogP contribution < -0.4 is 10.1 Å². The van der Waals surface area contributed by atoms with E-state index in [1.807, 2.05) is 29.2 Å². The summed E-state index contributed by atoms with van der Waals surface area (Å²) >= 11 is 0. The first-order valence-corrected chi connectivity index (χ1v) is 9.55. The summed E-state index contributed by atoms with van der Waals surface area (Å²) in [6.45, 7) is 1.32. The molecule has 0 aromatic heterocycles. The molecule has 0 radical (unpaired) electrons. The van der Waals surface area contributed by atoms with E-state index in [2.05, 4.69) is 17.4 Å². The second-order valence-corrected chi connectivity index (χ2v) is 7.01. The van der Waals surface area contributed by atoms with Gasteiger partial charge < -0.3 is 15.0 Å². The maximum atomic E-state index is 12.9. The van der Waals surface area contributed by atoms with Crippen molar-refractivity contribution < 1.29 is 14.3 Å². The summed E-state index contributed by atoms with van der Waals surface area (Å²) in [5, 5.41) is 2.84. The highest BCUT2D eigenvalue weighted by molar-refractivity contribution is 6.05. The van der Waals surface area contributed by atoms with Gasteiger partial charge in [-0.1, -0.05) is 30.3 Å². The molecular formula is C24H22N2O3. The SMILES string of the molecule is COc1cccc(NC(=O)c2ccc(C(=O)N3CCc4ccccc4C3)cc2)c1. The van der Waals surface area contributed by atoms with E-state index < -0.39 is 0 Å². The molecule has 146 valence electrons. The topological polar surface area (TPSA) is 58.6 Å². The summed E-state index contributed by atoms with van der Waals surface area (Å²) in [7, 11) is 1.58. The Bertz CT molecular complexity index is 1040. The number of anilines is 1. The molecule has 0 bridgehead atoms. The van der Waals surface area contributed by atoms with Gasteiger partial charge in [0.05, 0.1) is 7.11 Å². The maximum Gasteiger partial charge on any atom is 0.255 e. The lowest BCUT2D eigenvalue weighted by Gasteiger charge is -2.29. The molecule has 5 heteroatoms. The molecule has 4 rings (SSSR count). The highest BCUT2D eigenvalue weighted by atomic mass is 16.5. The second-order valence-electron chi connectivity index (χ2n) is 7.01. The van der Waals surface area contributed by atoms with Gasteiger partial charge in [-0.05, 0) is 53.9 Å². The lowest BCUT2D eigenvalue weighted by atomic mass is 9.99. The molecule has 0 saturated heterocycles. The Morgan fingerprint density at radius 3 is 2.38 bits per heavy atom. The molecule has 0 saturated carbocycles. The third-order valence-corrected chi connectivity index (χ3v) is 5.14. The highest BCUT2D eigenvalue weighted by Gasteiger charge is 2.21. The zero-order chi connectivity index (χ0) is 20.2. The van der Waals surface area contributed by atoms with Crippen molar-refractivity contribution in [2.24, 2.45) is 0 Å². The van der Waals surface area contributed by atoms with Crippen LogP contribution >= 0.6 is 0 Å². The average Bonchev–Trinajstić information content (AvgIpc) is 2.78. The van der Waals surface area contributed by atoms with Crippen LogP contribution in [0.2, 0.25) is 0 Å². The summed E-state index contributed by atoms with van der Waals surface area (Å²) in [4.78, 5) is 27.2. The first-order chi connectivity index (χ1) is 14.1. The first kappa shape index (κ1) is 18.7. The van der Waals surface area contributed by atoms with Gasteiger partial charge in [0.2, 0.25) is 0 Å². The van der Waals surface area contributed by atoms with Gasteiger partial charge >= 0.3 is 0 Å². The molecule has 29 heavy (non-hydrogen) atoms. The van der Waals surface area contributed by atoms with Gasteiger partial charge in [-0.3, -0.25) is 9.59 Å². The predicted molar refractivity (Wildman–Crippen MR) is 112 cm³/mol. The van der Waals surface area contributed by atoms with Crippen LogP contribution in [0.15, 0.2) is 72.8 Å². The minimum atomic E-state index is -0.232. The number of hydrogen-bond acceptors (Lipinski definition) is 3. The van der Waals surface area contributed by atoms with Gasteiger partial charge in [-0.2, -0.15) is 0 Å². The molecule has 0 atom stereocenters. The smallest absolute Gasteiger partial charge is 0.255 e. The van der Waals surface area contributed by atoms with Crippen LogP contribution in [0.5, 0.6) is 5.75 Å². The normalized spacial score (nSPS) is 12.8. The quantitative estimate of drug-likeness (QED) is 0.733. The van der Waals surface area contributed by atoms with Crippen LogP contribution in [-0.4, -0.2) is 30.4 Å². The number of nitrogens with zero attached hydrogens (tertiary/aromatic N) is 1. The molecule has 0 unspecified atom stereocenters. The van der Waals surface area contributed by atoms with E-state index in [1.165, 1.54) is 11.1 Å². The van der Waals surface area contributed by atoms with E-state index in [0.29, 0.717) is 35.7 Å². The number of fused-ring (bicyclic) bond motifs is 1. The Balaban J connectivity index is 1.43. The lowest BCUT2D eigenvalue weighted by molar-refractivity contribution is 0.0734. The van der Waals surface area contributed by atoms with Crippen LogP contribution in [0.1, 0.15) is 31.8 Å². The van der Waals surface area contributed by atoms with Crippen LogP contribution in [0.3, 0.4) is 0 Å². The first-order valence-electron chi connectivity index (χ1n) is 9.55. The van der Waals surface area contributed by atoms with E-state index in [0.717, 1.165) is 6.42 Å². The van der Waals surface area contributed by atoms with Gasteiger partial charge in [0, 0.05) is 36.0 Å². The van der Waals surface area contributed by atoms with Gasteiger partial charge in [-0.15, -0.1) is 0 Å². The standard InChI is InChI=1S/C24H22N2O3/c1-29-22-8-4-7-21(15-22)25-23(27)18-9-11-19(12-10-18)24(28)26-14-13-17-5-2-3-6-20(17)16-26/h2-12,15H,13-14,16H2,1H3,(H,25,27). The average molecular weight is 386 g/mol. The molecule has 1 aliphatic rings. The van der Waals surface area contributed by atoms with Crippen LogP contribution in [0, 0.1) is 0 Å². The van der Waals surface area contributed by atoms with Crippen molar-refractivity contribution in [2.45, 2.75) is 13.0 Å². The number of carbonyl (C=O) groups is 2. The minimum Gasteiger partial charge on any atom is -0.497 e. The number of ether oxygens (including phenoxy) is 1. The number of benzene rings is 3. The molecule has 1 aliphatic heterocycles. The van der Waals surface area contributed by atoms with Gasteiger partial charge in [0.25, 0.3) is 11.8 Å². The highest BCUT2D eigenvalue weighted by Crippen LogP contribution is 2.21. The maximum absolute atomic E-state index is 12.9. The number of rotatable bonds is 4. The van der Waals surface area contributed by atoms with Crippen molar-refractivity contribution in [3.05, 3.63) is 95.1 Å². The minimum absolute atomic E-state index is 0.0146. The van der Waals surface area contributed by atoms with E-state index in [1.54, 1.807) is 43.5 Å². The fraction of sp³-hybridized carbons (Fsp3) is 0.167. The monoisotopic (exact) mass is 386 g/mol. The Hall–Kier alpha value is -3.60. The van der Waals surface area contributed by atoms with Crippen molar-refractivity contribution in [3.63, 3.8) is 0 Å². The predicted octanol–water partition coefficient (Wildman–Crippen LogP) is 4.15. The third kappa shape index (κ3) is 4.14. The van der Waals surface area contributed by atoms with Gasteiger partial charge in [0.1, 0.15) is 5.75 Å². The van der Waals surface area contributed by atoms with E-state index in [9.17, 15) is 9.59 Å². The number of nitrogens with one attached hydrogen (secondary N) is 1. The van der Waals surface area contributed by atoms with Crippen molar-refractivity contribution in [2.75, 3.05) is 19.0 Å². The molecule has 1 heterocycles. The van der Waals surface area contributed by atoms with Crippen molar-refractivity contribution >= 4 is 17.5 Å². The summed E-state index contributed by atoms with van der Waals surface area (Å²) in [5.41, 5.74) is 4.24. The molecular weight excluding hydrogens is 364 g/mol. The molecule has 2 amide bonds. The zero-order valence-electron chi connectivity index (χ0n) is 16.2. The summed E-state index contributed by atoms with van der Waals surface area (Å²) < 4.78 is 5.17. The van der Waals surface area contributed by atoms with Crippen molar-refractivity contribution in [3.8, 4) is 5.75 Å². The largest absolute Gasteiger partial charge is 0.497 e. The van der Waals surface area contributed by atoms with Gasteiger partial charge in [-0.25, -0.2) is 0 Å². The Morgan fingerprint density at radius 2 is 1.62 bits per heavy atom. The van der Waals surface area contributed by atoms with E-state index in [-0.39, 0.29) is 11.8 Å². The number of carbonyl (C=O) groups excluding carboxylic acids is 2. The fourth-order valence-corrected chi connectivity index (χ4v) is 3.52. The molecule has 0 fully saturated rings. The molecule has 5 nitrogen and oxygen atoms in total. The van der Waals surface area contributed by atoms with Crippen molar-refractivity contribution in [1.29, 1.82) is 0 Å². The number of hydrogen-bond donors (Lipinski definition) is 1. The Morgan fingerprint density at radius 1 is 0.897 bits per heavy atom. The molecule has 1 N–H and O–H groups in total. The summed E-state index contributed by atoms with van der Waals surface area (Å²) in [6, 6.07) is 22.2. The third-order valence-electron chi connectivity index (χ3n) is 5.14. The van der Waals surface area contributed by atoms with Crippen molar-refractivity contribution in [1.82, 2.24) is 4.90 Å². The Kier molecular flexibility index (Phi) is 5.29. The van der Waals surface area contributed by atoms with Crippen LogP contribution in [0.25, 0.3) is 0 Å². The summed E-state index contributed by atoms with van der Waals surface area (Å²) in [5.74, 6) is 0.426. The molecule has 3 aromatic carbocycles. The second kappa shape index (κ2) is 8.19. The van der Waals surface area contributed by atoms with Crippen LogP contribution in [-0.2, 0) is 13.0 Å². The lowest BCUT2D eigenvalue weighted by Crippen LogP contribution is -2.35. The molecule has 3 aromatic rings. The Labute approximate surface area is 169 Å². The summed E-state index contributed by atoms with van der Waals surface area (Å²) in [6.07, 6.45) is 0.864. The fourth-order valence-electron chi connectivity index (χ4n) is 3.52. The van der Waals surface area contributed by atoms with Crippen LogP contribution in [0.4, 0.5) is 5.69 Å². The molecule has 0 aliphatic carbocycles.